The lowest BCUT2D eigenvalue weighted by atomic mass is 10.1. The van der Waals surface area contributed by atoms with Crippen molar-refractivity contribution in [1.29, 1.82) is 0 Å². The van der Waals surface area contributed by atoms with Crippen LogP contribution in [0.3, 0.4) is 0 Å². The average Bonchev–Trinajstić information content (AvgIpc) is 2.90. The molecule has 0 unspecified atom stereocenters. The Hall–Kier alpha value is -2.86. The van der Waals surface area contributed by atoms with Gasteiger partial charge in [-0.3, -0.25) is 4.79 Å². The minimum Gasteiger partial charge on any atom is -0.345 e. The quantitative estimate of drug-likeness (QED) is 0.530. The number of carbonyl (C=O) groups is 1. The van der Waals surface area contributed by atoms with Crippen LogP contribution in [0.2, 0.25) is 0 Å². The Labute approximate surface area is 110 Å². The third-order valence-corrected chi connectivity index (χ3v) is 2.85. The minimum absolute atomic E-state index is 0.584. The first-order valence-corrected chi connectivity index (χ1v) is 5.87. The van der Waals surface area contributed by atoms with Crippen LogP contribution in [0.5, 0.6) is 0 Å². The van der Waals surface area contributed by atoms with Crippen molar-refractivity contribution in [2.45, 2.75) is 0 Å². The molecule has 0 saturated heterocycles. The Balaban J connectivity index is 2.14. The zero-order valence-electron chi connectivity index (χ0n) is 10.1. The number of H-pyrrole nitrogens is 1. The molecular weight excluding hydrogens is 236 g/mol. The molecule has 0 aliphatic rings. The predicted molar refractivity (Wildman–Crippen MR) is 73.9 cm³/mol. The Morgan fingerprint density at radius 2 is 1.95 bits per heavy atom. The lowest BCUT2D eigenvalue weighted by molar-refractivity contribution is 0.112. The SMILES string of the molecule is O=Cc1c[nH]c2nccc(C#Cc3ccccc3)c12. The second-order valence-corrected chi connectivity index (χ2v) is 4.06. The van der Waals surface area contributed by atoms with E-state index in [0.717, 1.165) is 22.8 Å². The van der Waals surface area contributed by atoms with Crippen LogP contribution in [0.1, 0.15) is 21.5 Å². The summed E-state index contributed by atoms with van der Waals surface area (Å²) in [6.07, 6.45) is 4.15. The molecule has 2 aromatic heterocycles. The van der Waals surface area contributed by atoms with E-state index in [1.807, 2.05) is 36.4 Å². The molecular formula is C16H10N2O. The summed E-state index contributed by atoms with van der Waals surface area (Å²) in [5.41, 5.74) is 3.01. The molecule has 90 valence electrons. The van der Waals surface area contributed by atoms with Gasteiger partial charge >= 0.3 is 0 Å². The fourth-order valence-electron chi connectivity index (χ4n) is 1.94. The highest BCUT2D eigenvalue weighted by Gasteiger charge is 2.06. The number of rotatable bonds is 1. The van der Waals surface area contributed by atoms with Crippen LogP contribution in [0.15, 0.2) is 48.8 Å². The summed E-state index contributed by atoms with van der Waals surface area (Å²) in [7, 11) is 0. The highest BCUT2D eigenvalue weighted by molar-refractivity contribution is 5.99. The van der Waals surface area contributed by atoms with Gasteiger partial charge in [0.25, 0.3) is 0 Å². The van der Waals surface area contributed by atoms with Crippen molar-refractivity contribution in [3.63, 3.8) is 0 Å². The number of hydrogen-bond acceptors (Lipinski definition) is 2. The van der Waals surface area contributed by atoms with Crippen LogP contribution in [-0.2, 0) is 0 Å². The molecule has 0 atom stereocenters. The van der Waals surface area contributed by atoms with Crippen molar-refractivity contribution in [1.82, 2.24) is 9.97 Å². The van der Waals surface area contributed by atoms with Gasteiger partial charge < -0.3 is 4.98 Å². The van der Waals surface area contributed by atoms with Gasteiger partial charge in [0.1, 0.15) is 5.65 Å². The van der Waals surface area contributed by atoms with E-state index in [9.17, 15) is 4.79 Å². The molecule has 0 aliphatic heterocycles. The Morgan fingerprint density at radius 1 is 1.11 bits per heavy atom. The molecule has 0 fully saturated rings. The van der Waals surface area contributed by atoms with E-state index in [-0.39, 0.29) is 0 Å². The number of aromatic nitrogens is 2. The van der Waals surface area contributed by atoms with Crippen LogP contribution >= 0.6 is 0 Å². The molecule has 1 N–H and O–H groups in total. The summed E-state index contributed by atoms with van der Waals surface area (Å²) >= 11 is 0. The molecule has 3 aromatic rings. The number of hydrogen-bond donors (Lipinski definition) is 1. The van der Waals surface area contributed by atoms with E-state index < -0.39 is 0 Å². The normalized spacial score (nSPS) is 9.89. The molecule has 0 bridgehead atoms. The summed E-state index contributed by atoms with van der Waals surface area (Å²) in [6, 6.07) is 11.6. The second-order valence-electron chi connectivity index (χ2n) is 4.06. The average molecular weight is 246 g/mol. The Kier molecular flexibility index (Phi) is 2.83. The fraction of sp³-hybridized carbons (Fsp3) is 0. The predicted octanol–water partition coefficient (Wildman–Crippen LogP) is 2.78. The van der Waals surface area contributed by atoms with Gasteiger partial charge in [-0.1, -0.05) is 30.0 Å². The summed E-state index contributed by atoms with van der Waals surface area (Å²) < 4.78 is 0. The van der Waals surface area contributed by atoms with Gasteiger partial charge in [-0.2, -0.15) is 0 Å². The van der Waals surface area contributed by atoms with E-state index in [2.05, 4.69) is 21.8 Å². The third-order valence-electron chi connectivity index (χ3n) is 2.85. The third kappa shape index (κ3) is 2.12. The highest BCUT2D eigenvalue weighted by Crippen LogP contribution is 2.18. The second kappa shape index (κ2) is 4.79. The molecule has 19 heavy (non-hydrogen) atoms. The first-order chi connectivity index (χ1) is 9.38. The number of pyridine rings is 1. The highest BCUT2D eigenvalue weighted by atomic mass is 16.1. The molecule has 3 rings (SSSR count). The van der Waals surface area contributed by atoms with Crippen LogP contribution in [0, 0.1) is 11.8 Å². The molecule has 2 heterocycles. The zero-order valence-corrected chi connectivity index (χ0v) is 10.1. The first kappa shape index (κ1) is 11.2. The van der Waals surface area contributed by atoms with Gasteiger partial charge in [-0.25, -0.2) is 4.98 Å². The maximum Gasteiger partial charge on any atom is 0.152 e. The Bertz CT molecular complexity index is 792. The molecule has 3 heteroatoms. The van der Waals surface area contributed by atoms with Gasteiger partial charge in [0, 0.05) is 34.5 Å². The summed E-state index contributed by atoms with van der Waals surface area (Å²) in [6.45, 7) is 0. The van der Waals surface area contributed by atoms with Crippen LogP contribution in [0.25, 0.3) is 11.0 Å². The van der Waals surface area contributed by atoms with Gasteiger partial charge in [0.2, 0.25) is 0 Å². The van der Waals surface area contributed by atoms with Crippen molar-refractivity contribution in [3.05, 3.63) is 65.5 Å². The molecule has 0 saturated carbocycles. The van der Waals surface area contributed by atoms with E-state index in [4.69, 9.17) is 0 Å². The fourth-order valence-corrected chi connectivity index (χ4v) is 1.94. The molecule has 1 aromatic carbocycles. The standard InChI is InChI=1S/C16H10N2O/c19-11-14-10-18-16-15(14)13(8-9-17-16)7-6-12-4-2-1-3-5-12/h1-5,8-11H,(H,17,18). The number of carbonyl (C=O) groups excluding carboxylic acids is 1. The first-order valence-electron chi connectivity index (χ1n) is 5.87. The molecule has 0 amide bonds. The summed E-state index contributed by atoms with van der Waals surface area (Å²) in [5, 5.41) is 0.779. The topological polar surface area (TPSA) is 45.8 Å². The zero-order chi connectivity index (χ0) is 13.1. The maximum absolute atomic E-state index is 11.0. The lowest BCUT2D eigenvalue weighted by Gasteiger charge is -1.94. The maximum atomic E-state index is 11.0. The van der Waals surface area contributed by atoms with Crippen molar-refractivity contribution in [2.24, 2.45) is 0 Å². The number of fused-ring (bicyclic) bond motifs is 1. The van der Waals surface area contributed by atoms with Crippen molar-refractivity contribution in [3.8, 4) is 11.8 Å². The largest absolute Gasteiger partial charge is 0.345 e. The Morgan fingerprint density at radius 3 is 2.74 bits per heavy atom. The summed E-state index contributed by atoms with van der Waals surface area (Å²) in [4.78, 5) is 18.2. The molecule has 0 radical (unpaired) electrons. The monoisotopic (exact) mass is 246 g/mol. The lowest BCUT2D eigenvalue weighted by Crippen LogP contribution is -1.84. The number of benzene rings is 1. The number of nitrogens with one attached hydrogen (secondary N) is 1. The van der Waals surface area contributed by atoms with Crippen LogP contribution in [0.4, 0.5) is 0 Å². The van der Waals surface area contributed by atoms with Crippen LogP contribution < -0.4 is 0 Å². The van der Waals surface area contributed by atoms with Crippen molar-refractivity contribution in [2.75, 3.05) is 0 Å². The summed E-state index contributed by atoms with van der Waals surface area (Å²) in [5.74, 6) is 6.18. The number of nitrogens with zero attached hydrogens (tertiary/aromatic N) is 1. The molecule has 0 aliphatic carbocycles. The van der Waals surface area contributed by atoms with E-state index >= 15 is 0 Å². The van der Waals surface area contributed by atoms with Gasteiger partial charge in [-0.05, 0) is 18.2 Å². The van der Waals surface area contributed by atoms with Crippen molar-refractivity contribution < 1.29 is 4.79 Å². The van der Waals surface area contributed by atoms with Gasteiger partial charge in [0.05, 0.1) is 0 Å². The van der Waals surface area contributed by atoms with E-state index in [0.29, 0.717) is 11.2 Å². The molecule has 0 spiro atoms. The van der Waals surface area contributed by atoms with E-state index in [1.165, 1.54) is 0 Å². The van der Waals surface area contributed by atoms with Gasteiger partial charge in [-0.15, -0.1) is 0 Å². The smallest absolute Gasteiger partial charge is 0.152 e. The van der Waals surface area contributed by atoms with Crippen LogP contribution in [-0.4, -0.2) is 16.3 Å². The number of aromatic amines is 1. The molecule has 3 nitrogen and oxygen atoms in total. The van der Waals surface area contributed by atoms with Gasteiger partial charge in [0.15, 0.2) is 6.29 Å². The van der Waals surface area contributed by atoms with E-state index in [1.54, 1.807) is 12.4 Å². The minimum atomic E-state index is 0.584. The van der Waals surface area contributed by atoms with Crippen molar-refractivity contribution >= 4 is 17.3 Å². The number of aldehydes is 1.